The highest BCUT2D eigenvalue weighted by atomic mass is 79.9. The molecule has 0 aliphatic carbocycles. The normalized spacial score (nSPS) is 15.2. The van der Waals surface area contributed by atoms with Crippen LogP contribution in [0.15, 0.2) is 74.3 Å². The van der Waals surface area contributed by atoms with E-state index in [2.05, 4.69) is 20.9 Å². The van der Waals surface area contributed by atoms with Crippen molar-refractivity contribution in [1.29, 1.82) is 0 Å². The third kappa shape index (κ3) is 3.72. The van der Waals surface area contributed by atoms with Crippen LogP contribution in [0.2, 0.25) is 0 Å². The lowest BCUT2D eigenvalue weighted by Gasteiger charge is -2.24. The van der Waals surface area contributed by atoms with Crippen LogP contribution >= 0.6 is 15.9 Å². The first-order chi connectivity index (χ1) is 16.0. The van der Waals surface area contributed by atoms with Crippen molar-refractivity contribution in [3.8, 4) is 5.75 Å². The molecule has 7 heteroatoms. The van der Waals surface area contributed by atoms with Gasteiger partial charge in [-0.05, 0) is 61.4 Å². The number of rotatable bonds is 5. The molecule has 0 radical (unpaired) electrons. The number of anilines is 1. The number of aryl methyl sites for hydroxylation is 1. The van der Waals surface area contributed by atoms with Crippen LogP contribution in [0.3, 0.4) is 0 Å². The van der Waals surface area contributed by atoms with Crippen LogP contribution in [0, 0.1) is 6.92 Å². The van der Waals surface area contributed by atoms with Crippen molar-refractivity contribution in [2.45, 2.75) is 26.3 Å². The lowest BCUT2D eigenvalue weighted by molar-refractivity contribution is 0.0970. The number of halogens is 1. The van der Waals surface area contributed by atoms with Crippen molar-refractivity contribution < 1.29 is 13.9 Å². The third-order valence-electron chi connectivity index (χ3n) is 5.62. The first-order valence-electron chi connectivity index (χ1n) is 10.7. The maximum atomic E-state index is 13.6. The maximum Gasteiger partial charge on any atom is 0.296 e. The van der Waals surface area contributed by atoms with E-state index in [9.17, 15) is 9.59 Å². The largest absolute Gasteiger partial charge is 0.494 e. The number of carbonyl (C=O) groups is 1. The summed E-state index contributed by atoms with van der Waals surface area (Å²) in [5, 5.41) is 0.419. The van der Waals surface area contributed by atoms with Gasteiger partial charge in [-0.25, -0.2) is 4.98 Å². The molecule has 0 saturated carbocycles. The van der Waals surface area contributed by atoms with E-state index >= 15 is 0 Å². The number of hydrogen-bond donors (Lipinski definition) is 0. The van der Waals surface area contributed by atoms with Crippen LogP contribution < -0.4 is 15.1 Å². The molecule has 6 nitrogen and oxygen atoms in total. The number of benzene rings is 2. The predicted octanol–water partition coefficient (Wildman–Crippen LogP) is 5.80. The Balaban J connectivity index is 1.73. The van der Waals surface area contributed by atoms with Crippen LogP contribution in [0.1, 0.15) is 46.8 Å². The number of pyridine rings is 1. The fraction of sp³-hybridized carbons (Fsp3) is 0.192. The molecule has 4 aromatic rings. The molecule has 0 fully saturated rings. The minimum absolute atomic E-state index is 0.0504. The summed E-state index contributed by atoms with van der Waals surface area (Å²) >= 11 is 3.42. The molecule has 5 rings (SSSR count). The predicted molar refractivity (Wildman–Crippen MR) is 130 cm³/mol. The Morgan fingerprint density at radius 1 is 1.09 bits per heavy atom. The third-order valence-corrected chi connectivity index (χ3v) is 6.11. The van der Waals surface area contributed by atoms with Crippen molar-refractivity contribution in [3.63, 3.8) is 0 Å². The molecular weight excluding hydrogens is 484 g/mol. The smallest absolute Gasteiger partial charge is 0.296 e. The summed E-state index contributed by atoms with van der Waals surface area (Å²) in [4.78, 5) is 33.3. The van der Waals surface area contributed by atoms with Crippen molar-refractivity contribution >= 4 is 38.6 Å². The lowest BCUT2D eigenvalue weighted by Crippen LogP contribution is -2.30. The Hall–Kier alpha value is -3.45. The highest BCUT2D eigenvalue weighted by molar-refractivity contribution is 9.10. The number of amides is 1. The molecule has 1 unspecified atom stereocenters. The van der Waals surface area contributed by atoms with Gasteiger partial charge in [0.25, 0.3) is 5.91 Å². The van der Waals surface area contributed by atoms with Crippen molar-refractivity contribution in [2.24, 2.45) is 0 Å². The van der Waals surface area contributed by atoms with Crippen LogP contribution in [-0.4, -0.2) is 17.5 Å². The SMILES string of the molecule is CCCOc1ccc(C2c3c(oc4ccc(Br)cc4c3=O)C(=O)N2c2cccc(C)n2)cc1. The molecule has 0 saturated heterocycles. The van der Waals surface area contributed by atoms with Gasteiger partial charge >= 0.3 is 0 Å². The number of carbonyl (C=O) groups excluding carboxylic acids is 1. The summed E-state index contributed by atoms with van der Waals surface area (Å²) in [6, 6.07) is 17.5. The second-order valence-corrected chi connectivity index (χ2v) is 8.86. The molecule has 1 aliphatic heterocycles. The molecular formula is C26H21BrN2O4. The molecule has 1 atom stereocenters. The average molecular weight is 505 g/mol. The minimum atomic E-state index is -0.665. The van der Waals surface area contributed by atoms with Gasteiger partial charge in [0.1, 0.15) is 17.2 Å². The summed E-state index contributed by atoms with van der Waals surface area (Å²) in [6.07, 6.45) is 0.905. The molecule has 0 spiro atoms. The second-order valence-electron chi connectivity index (χ2n) is 7.95. The van der Waals surface area contributed by atoms with Crippen LogP contribution in [0.5, 0.6) is 5.75 Å². The Kier molecular flexibility index (Phi) is 5.50. The Labute approximate surface area is 198 Å². The fourth-order valence-corrected chi connectivity index (χ4v) is 4.49. The molecule has 33 heavy (non-hydrogen) atoms. The summed E-state index contributed by atoms with van der Waals surface area (Å²) in [7, 11) is 0. The summed E-state index contributed by atoms with van der Waals surface area (Å²) in [6.45, 7) is 4.53. The zero-order valence-electron chi connectivity index (χ0n) is 18.2. The van der Waals surface area contributed by atoms with E-state index in [4.69, 9.17) is 9.15 Å². The van der Waals surface area contributed by atoms with Gasteiger partial charge in [-0.15, -0.1) is 0 Å². The van der Waals surface area contributed by atoms with E-state index in [1.807, 2.05) is 50.2 Å². The van der Waals surface area contributed by atoms with Crippen molar-refractivity contribution in [1.82, 2.24) is 4.98 Å². The van der Waals surface area contributed by atoms with Gasteiger partial charge < -0.3 is 9.15 Å². The van der Waals surface area contributed by atoms with E-state index < -0.39 is 6.04 Å². The quantitative estimate of drug-likeness (QED) is 0.343. The molecule has 0 N–H and O–H groups in total. The van der Waals surface area contributed by atoms with Gasteiger partial charge in [0.2, 0.25) is 5.76 Å². The topological polar surface area (TPSA) is 72.6 Å². The van der Waals surface area contributed by atoms with E-state index in [1.165, 1.54) is 0 Å². The van der Waals surface area contributed by atoms with Gasteiger partial charge in [0, 0.05) is 10.2 Å². The number of hydrogen-bond acceptors (Lipinski definition) is 5. The van der Waals surface area contributed by atoms with Crippen LogP contribution in [-0.2, 0) is 0 Å². The molecule has 166 valence electrons. The summed E-state index contributed by atoms with van der Waals surface area (Å²) in [5.41, 5.74) is 2.00. The highest BCUT2D eigenvalue weighted by Crippen LogP contribution is 2.41. The zero-order valence-corrected chi connectivity index (χ0v) is 19.8. The number of ether oxygens (including phenoxy) is 1. The average Bonchev–Trinajstić information content (AvgIpc) is 3.11. The van der Waals surface area contributed by atoms with Gasteiger partial charge in [-0.3, -0.25) is 14.5 Å². The van der Waals surface area contributed by atoms with E-state index in [-0.39, 0.29) is 17.1 Å². The van der Waals surface area contributed by atoms with Crippen LogP contribution in [0.4, 0.5) is 5.82 Å². The van der Waals surface area contributed by atoms with Gasteiger partial charge in [0.15, 0.2) is 5.43 Å². The molecule has 1 amide bonds. The maximum absolute atomic E-state index is 13.6. The van der Waals surface area contributed by atoms with E-state index in [0.29, 0.717) is 29.0 Å². The highest BCUT2D eigenvalue weighted by Gasteiger charge is 2.44. The molecule has 0 bridgehead atoms. The van der Waals surface area contributed by atoms with Gasteiger partial charge in [-0.1, -0.05) is 41.1 Å². The fourth-order valence-electron chi connectivity index (χ4n) is 4.13. The summed E-state index contributed by atoms with van der Waals surface area (Å²) in [5.74, 6) is 0.864. The lowest BCUT2D eigenvalue weighted by atomic mass is 9.98. The zero-order chi connectivity index (χ0) is 23.1. The second kappa shape index (κ2) is 8.48. The van der Waals surface area contributed by atoms with Gasteiger partial charge in [0.05, 0.1) is 23.6 Å². The molecule has 2 aromatic carbocycles. The first-order valence-corrected chi connectivity index (χ1v) is 11.5. The minimum Gasteiger partial charge on any atom is -0.494 e. The Morgan fingerprint density at radius 2 is 1.88 bits per heavy atom. The summed E-state index contributed by atoms with van der Waals surface area (Å²) < 4.78 is 12.5. The van der Waals surface area contributed by atoms with E-state index in [1.54, 1.807) is 29.2 Å². The monoisotopic (exact) mass is 504 g/mol. The standard InChI is InChI=1S/C26H21BrN2O4/c1-3-13-32-18-10-7-16(8-11-18)23-22-24(30)19-14-17(27)9-12-20(19)33-25(22)26(31)29(23)21-6-4-5-15(2)28-21/h4-12,14,23H,3,13H2,1-2H3. The molecule has 1 aliphatic rings. The Morgan fingerprint density at radius 3 is 2.61 bits per heavy atom. The molecule has 2 aromatic heterocycles. The first kappa shape index (κ1) is 21.4. The number of nitrogens with zero attached hydrogens (tertiary/aromatic N) is 2. The van der Waals surface area contributed by atoms with Crippen molar-refractivity contribution in [2.75, 3.05) is 11.5 Å². The van der Waals surface area contributed by atoms with E-state index in [0.717, 1.165) is 27.9 Å². The van der Waals surface area contributed by atoms with Crippen molar-refractivity contribution in [3.05, 3.63) is 97.9 Å². The molecule has 3 heterocycles. The number of fused-ring (bicyclic) bond motifs is 2. The Bertz CT molecular complexity index is 1430. The van der Waals surface area contributed by atoms with Gasteiger partial charge in [-0.2, -0.15) is 0 Å². The van der Waals surface area contributed by atoms with Crippen LogP contribution in [0.25, 0.3) is 11.0 Å². The number of aromatic nitrogens is 1.